The summed E-state index contributed by atoms with van der Waals surface area (Å²) in [6.45, 7) is 7.92. The van der Waals surface area contributed by atoms with E-state index in [4.69, 9.17) is 4.74 Å². The lowest BCUT2D eigenvalue weighted by Gasteiger charge is -2.39. The Morgan fingerprint density at radius 2 is 2.21 bits per heavy atom. The second-order valence-electron chi connectivity index (χ2n) is 4.38. The van der Waals surface area contributed by atoms with Gasteiger partial charge in [-0.3, -0.25) is 4.79 Å². The summed E-state index contributed by atoms with van der Waals surface area (Å²) < 4.78 is 5.54. The summed E-state index contributed by atoms with van der Waals surface area (Å²) in [5, 5.41) is 2.96. The first-order valence-electron chi connectivity index (χ1n) is 5.06. The molecule has 1 heterocycles. The van der Waals surface area contributed by atoms with E-state index in [1.165, 1.54) is 0 Å². The molecular weight excluding hydrogens is 180 g/mol. The number of nitrogens with zero attached hydrogens (tertiary/aromatic N) is 1. The number of carbonyl (C=O) groups is 1. The van der Waals surface area contributed by atoms with Crippen LogP contribution < -0.4 is 5.32 Å². The van der Waals surface area contributed by atoms with E-state index in [0.29, 0.717) is 19.7 Å². The van der Waals surface area contributed by atoms with Crippen molar-refractivity contribution in [3.8, 4) is 0 Å². The topological polar surface area (TPSA) is 41.6 Å². The van der Waals surface area contributed by atoms with Crippen LogP contribution in [-0.4, -0.2) is 49.2 Å². The third kappa shape index (κ3) is 2.69. The Morgan fingerprint density at radius 3 is 2.71 bits per heavy atom. The number of hydrogen-bond acceptors (Lipinski definition) is 3. The first kappa shape index (κ1) is 11.5. The molecule has 1 atom stereocenters. The highest BCUT2D eigenvalue weighted by atomic mass is 16.5. The van der Waals surface area contributed by atoms with Crippen molar-refractivity contribution in [2.24, 2.45) is 0 Å². The van der Waals surface area contributed by atoms with Crippen molar-refractivity contribution in [2.45, 2.75) is 32.4 Å². The zero-order valence-electron chi connectivity index (χ0n) is 9.46. The molecule has 1 unspecified atom stereocenters. The molecule has 1 aliphatic heterocycles. The smallest absolute Gasteiger partial charge is 0.239 e. The summed E-state index contributed by atoms with van der Waals surface area (Å²) >= 11 is 0. The summed E-state index contributed by atoms with van der Waals surface area (Å²) in [5.41, 5.74) is -0.207. The number of amides is 1. The molecule has 1 rings (SSSR count). The van der Waals surface area contributed by atoms with E-state index in [2.05, 4.69) is 5.32 Å². The fraction of sp³-hybridized carbons (Fsp3) is 0.900. The van der Waals surface area contributed by atoms with Gasteiger partial charge < -0.3 is 15.0 Å². The van der Waals surface area contributed by atoms with E-state index in [-0.39, 0.29) is 17.6 Å². The van der Waals surface area contributed by atoms with Crippen molar-refractivity contribution in [1.29, 1.82) is 0 Å². The van der Waals surface area contributed by atoms with Crippen LogP contribution in [0.2, 0.25) is 0 Å². The molecule has 0 aliphatic carbocycles. The molecule has 1 N–H and O–H groups in total. The van der Waals surface area contributed by atoms with Crippen LogP contribution in [-0.2, 0) is 9.53 Å². The zero-order valence-corrected chi connectivity index (χ0v) is 9.46. The SMILES string of the molecule is CNC(C)C(=O)N1CCOC(C)(C)C1. The third-order valence-electron chi connectivity index (χ3n) is 2.54. The van der Waals surface area contributed by atoms with Crippen molar-refractivity contribution < 1.29 is 9.53 Å². The van der Waals surface area contributed by atoms with E-state index in [9.17, 15) is 4.79 Å². The molecule has 0 aromatic heterocycles. The number of carbonyl (C=O) groups excluding carboxylic acids is 1. The highest BCUT2D eigenvalue weighted by Crippen LogP contribution is 2.16. The van der Waals surface area contributed by atoms with Crippen molar-refractivity contribution >= 4 is 5.91 Å². The van der Waals surface area contributed by atoms with Crippen LogP contribution in [0.4, 0.5) is 0 Å². The standard InChI is InChI=1S/C10H20N2O2/c1-8(11-4)9(13)12-5-6-14-10(2,3)7-12/h8,11H,5-7H2,1-4H3. The molecule has 0 saturated carbocycles. The van der Waals surface area contributed by atoms with Gasteiger partial charge in [-0.25, -0.2) is 0 Å². The minimum Gasteiger partial charge on any atom is -0.372 e. The monoisotopic (exact) mass is 200 g/mol. The van der Waals surface area contributed by atoms with Crippen LogP contribution >= 0.6 is 0 Å². The van der Waals surface area contributed by atoms with Gasteiger partial charge in [-0.1, -0.05) is 0 Å². The first-order valence-corrected chi connectivity index (χ1v) is 5.06. The minimum absolute atomic E-state index is 0.108. The van der Waals surface area contributed by atoms with Crippen molar-refractivity contribution in [1.82, 2.24) is 10.2 Å². The Hall–Kier alpha value is -0.610. The van der Waals surface area contributed by atoms with Gasteiger partial charge in [0, 0.05) is 13.1 Å². The van der Waals surface area contributed by atoms with Gasteiger partial charge in [-0.2, -0.15) is 0 Å². The highest BCUT2D eigenvalue weighted by Gasteiger charge is 2.31. The zero-order chi connectivity index (χ0) is 10.8. The lowest BCUT2D eigenvalue weighted by Crippen LogP contribution is -2.54. The number of hydrogen-bond donors (Lipinski definition) is 1. The Kier molecular flexibility index (Phi) is 3.50. The highest BCUT2D eigenvalue weighted by molar-refractivity contribution is 5.81. The molecule has 0 aromatic carbocycles. The second-order valence-corrected chi connectivity index (χ2v) is 4.38. The molecule has 1 fully saturated rings. The lowest BCUT2D eigenvalue weighted by molar-refractivity contribution is -0.147. The molecular formula is C10H20N2O2. The van der Waals surface area contributed by atoms with Crippen LogP contribution in [0.25, 0.3) is 0 Å². The number of morpholine rings is 1. The second kappa shape index (κ2) is 4.28. The van der Waals surface area contributed by atoms with Gasteiger partial charge in [0.25, 0.3) is 0 Å². The van der Waals surface area contributed by atoms with Crippen LogP contribution in [0.1, 0.15) is 20.8 Å². The summed E-state index contributed by atoms with van der Waals surface area (Å²) in [4.78, 5) is 13.7. The fourth-order valence-electron chi connectivity index (χ4n) is 1.60. The molecule has 1 saturated heterocycles. The van der Waals surface area contributed by atoms with Crippen molar-refractivity contribution in [2.75, 3.05) is 26.7 Å². The van der Waals surface area contributed by atoms with Gasteiger partial charge in [0.1, 0.15) is 0 Å². The molecule has 0 spiro atoms. The van der Waals surface area contributed by atoms with Gasteiger partial charge in [0.05, 0.1) is 18.2 Å². The first-order chi connectivity index (χ1) is 6.46. The average molecular weight is 200 g/mol. The predicted molar refractivity (Wildman–Crippen MR) is 55.1 cm³/mol. The van der Waals surface area contributed by atoms with Crippen molar-refractivity contribution in [3.05, 3.63) is 0 Å². The molecule has 1 amide bonds. The number of ether oxygens (including phenoxy) is 1. The maximum atomic E-state index is 11.8. The Morgan fingerprint density at radius 1 is 1.57 bits per heavy atom. The largest absolute Gasteiger partial charge is 0.372 e. The van der Waals surface area contributed by atoms with Crippen molar-refractivity contribution in [3.63, 3.8) is 0 Å². The van der Waals surface area contributed by atoms with Gasteiger partial charge in [0.15, 0.2) is 0 Å². The molecule has 0 radical (unpaired) electrons. The average Bonchev–Trinajstić information content (AvgIpc) is 2.14. The molecule has 4 nitrogen and oxygen atoms in total. The van der Waals surface area contributed by atoms with Crippen LogP contribution in [0, 0.1) is 0 Å². The van der Waals surface area contributed by atoms with E-state index in [1.807, 2.05) is 25.7 Å². The maximum absolute atomic E-state index is 11.8. The molecule has 1 aliphatic rings. The number of rotatable bonds is 2. The summed E-state index contributed by atoms with van der Waals surface area (Å²) in [6.07, 6.45) is 0. The predicted octanol–water partition coefficient (Wildman–Crippen LogP) is 0.232. The van der Waals surface area contributed by atoms with Gasteiger partial charge in [-0.15, -0.1) is 0 Å². The normalized spacial score (nSPS) is 23.3. The number of nitrogens with one attached hydrogen (secondary N) is 1. The van der Waals surface area contributed by atoms with E-state index in [0.717, 1.165) is 0 Å². The van der Waals surface area contributed by atoms with Gasteiger partial charge in [-0.05, 0) is 27.8 Å². The Balaban J connectivity index is 2.56. The molecule has 0 aromatic rings. The quantitative estimate of drug-likeness (QED) is 0.694. The molecule has 4 heteroatoms. The Bertz CT molecular complexity index is 216. The van der Waals surface area contributed by atoms with E-state index in [1.54, 1.807) is 7.05 Å². The van der Waals surface area contributed by atoms with E-state index < -0.39 is 0 Å². The fourth-order valence-corrected chi connectivity index (χ4v) is 1.60. The van der Waals surface area contributed by atoms with Gasteiger partial charge in [0.2, 0.25) is 5.91 Å². The van der Waals surface area contributed by atoms with Crippen LogP contribution in [0.15, 0.2) is 0 Å². The van der Waals surface area contributed by atoms with Crippen LogP contribution in [0.3, 0.4) is 0 Å². The lowest BCUT2D eigenvalue weighted by atomic mass is 10.1. The number of likely N-dealkylation sites (N-methyl/N-ethyl adjacent to an activating group) is 1. The van der Waals surface area contributed by atoms with E-state index >= 15 is 0 Å². The summed E-state index contributed by atoms with van der Waals surface area (Å²) in [5.74, 6) is 0.156. The van der Waals surface area contributed by atoms with Gasteiger partial charge >= 0.3 is 0 Å². The molecule has 0 bridgehead atoms. The minimum atomic E-state index is -0.207. The summed E-state index contributed by atoms with van der Waals surface area (Å²) in [7, 11) is 1.80. The molecule has 82 valence electrons. The maximum Gasteiger partial charge on any atom is 0.239 e. The summed E-state index contributed by atoms with van der Waals surface area (Å²) in [6, 6.07) is -0.108. The molecule has 14 heavy (non-hydrogen) atoms. The van der Waals surface area contributed by atoms with Crippen LogP contribution in [0.5, 0.6) is 0 Å². The third-order valence-corrected chi connectivity index (χ3v) is 2.54. The Labute approximate surface area is 85.6 Å².